The SMILES string of the molecule is Cc1cc(C2C(C3CCC(I)CC3)CC3CCC2N3C)on1. The number of halogens is 1. The van der Waals surface area contributed by atoms with Gasteiger partial charge in [0.1, 0.15) is 5.76 Å². The van der Waals surface area contributed by atoms with Crippen molar-refractivity contribution in [2.45, 2.75) is 73.8 Å². The minimum Gasteiger partial charge on any atom is -0.361 e. The molecule has 1 aromatic rings. The molecular weight excluding hydrogens is 387 g/mol. The van der Waals surface area contributed by atoms with Crippen molar-refractivity contribution < 1.29 is 4.52 Å². The van der Waals surface area contributed by atoms with E-state index in [0.717, 1.165) is 33.3 Å². The predicted molar refractivity (Wildman–Crippen MR) is 96.4 cm³/mol. The summed E-state index contributed by atoms with van der Waals surface area (Å²) in [6.45, 7) is 2.05. The molecule has 4 atom stereocenters. The second-order valence-electron chi connectivity index (χ2n) is 7.77. The van der Waals surface area contributed by atoms with Gasteiger partial charge in [-0.05, 0) is 70.8 Å². The van der Waals surface area contributed by atoms with Crippen LogP contribution < -0.4 is 0 Å². The summed E-state index contributed by atoms with van der Waals surface area (Å²) in [6, 6.07) is 3.69. The minimum atomic E-state index is 0.570. The topological polar surface area (TPSA) is 29.3 Å². The highest BCUT2D eigenvalue weighted by Crippen LogP contribution is 2.52. The fraction of sp³-hybridized carbons (Fsp3) is 0.833. The van der Waals surface area contributed by atoms with Gasteiger partial charge in [-0.3, -0.25) is 4.90 Å². The average molecular weight is 414 g/mol. The molecule has 0 radical (unpaired) electrons. The normalized spacial score (nSPS) is 42.7. The number of aryl methyl sites for hydroxylation is 1. The molecule has 0 spiro atoms. The molecule has 122 valence electrons. The molecule has 1 aromatic heterocycles. The van der Waals surface area contributed by atoms with Crippen LogP contribution in [-0.2, 0) is 0 Å². The van der Waals surface area contributed by atoms with Gasteiger partial charge in [0.05, 0.1) is 5.69 Å². The number of piperidine rings is 1. The van der Waals surface area contributed by atoms with Gasteiger partial charge in [0.15, 0.2) is 0 Å². The van der Waals surface area contributed by atoms with E-state index in [4.69, 9.17) is 4.52 Å². The van der Waals surface area contributed by atoms with Crippen LogP contribution in [0.5, 0.6) is 0 Å². The van der Waals surface area contributed by atoms with Crippen molar-refractivity contribution in [1.82, 2.24) is 10.1 Å². The molecule has 22 heavy (non-hydrogen) atoms. The minimum absolute atomic E-state index is 0.570. The highest BCUT2D eigenvalue weighted by molar-refractivity contribution is 14.1. The molecule has 3 nitrogen and oxygen atoms in total. The Kier molecular flexibility index (Phi) is 4.26. The number of alkyl halides is 1. The van der Waals surface area contributed by atoms with E-state index in [1.807, 2.05) is 6.92 Å². The summed E-state index contributed by atoms with van der Waals surface area (Å²) >= 11 is 2.64. The molecule has 0 aromatic carbocycles. The van der Waals surface area contributed by atoms with Crippen molar-refractivity contribution in [2.24, 2.45) is 11.8 Å². The Hall–Kier alpha value is -0.100. The molecule has 3 heterocycles. The first-order valence-electron chi connectivity index (χ1n) is 8.92. The Balaban J connectivity index is 1.63. The maximum absolute atomic E-state index is 5.77. The monoisotopic (exact) mass is 414 g/mol. The third-order valence-electron chi connectivity index (χ3n) is 6.60. The summed E-state index contributed by atoms with van der Waals surface area (Å²) in [4.78, 5) is 2.64. The van der Waals surface area contributed by atoms with Crippen molar-refractivity contribution in [1.29, 1.82) is 0 Å². The molecule has 4 unspecified atom stereocenters. The van der Waals surface area contributed by atoms with Gasteiger partial charge in [-0.25, -0.2) is 0 Å². The van der Waals surface area contributed by atoms with Crippen molar-refractivity contribution in [3.05, 3.63) is 17.5 Å². The van der Waals surface area contributed by atoms with E-state index in [0.29, 0.717) is 12.0 Å². The Morgan fingerprint density at radius 1 is 1.18 bits per heavy atom. The number of fused-ring (bicyclic) bond motifs is 2. The Morgan fingerprint density at radius 2 is 1.95 bits per heavy atom. The van der Waals surface area contributed by atoms with Crippen LogP contribution in [0.15, 0.2) is 10.6 Å². The lowest BCUT2D eigenvalue weighted by molar-refractivity contribution is 0.0525. The molecule has 2 aliphatic heterocycles. The fourth-order valence-electron chi connectivity index (χ4n) is 5.44. The number of hydrogen-bond donors (Lipinski definition) is 0. The fourth-order valence-corrected chi connectivity index (χ4v) is 6.16. The van der Waals surface area contributed by atoms with Crippen LogP contribution in [0.4, 0.5) is 0 Å². The molecule has 4 rings (SSSR count). The zero-order valence-electron chi connectivity index (χ0n) is 13.7. The zero-order chi connectivity index (χ0) is 15.3. The first-order chi connectivity index (χ1) is 10.6. The molecule has 3 fully saturated rings. The van der Waals surface area contributed by atoms with Crippen LogP contribution in [-0.4, -0.2) is 33.1 Å². The van der Waals surface area contributed by atoms with E-state index in [1.54, 1.807) is 0 Å². The summed E-state index contributed by atoms with van der Waals surface area (Å²) < 4.78 is 6.67. The van der Waals surface area contributed by atoms with Gasteiger partial charge < -0.3 is 4.52 Å². The maximum Gasteiger partial charge on any atom is 0.141 e. The average Bonchev–Trinajstić information content (AvgIpc) is 3.02. The van der Waals surface area contributed by atoms with Crippen molar-refractivity contribution in [2.75, 3.05) is 7.05 Å². The second kappa shape index (κ2) is 6.08. The van der Waals surface area contributed by atoms with Gasteiger partial charge >= 0.3 is 0 Å². The van der Waals surface area contributed by atoms with E-state index < -0.39 is 0 Å². The highest BCUT2D eigenvalue weighted by atomic mass is 127. The summed E-state index contributed by atoms with van der Waals surface area (Å²) in [6.07, 6.45) is 9.75. The molecule has 0 N–H and O–H groups in total. The van der Waals surface area contributed by atoms with Gasteiger partial charge in [-0.15, -0.1) is 0 Å². The van der Waals surface area contributed by atoms with Crippen LogP contribution in [0.2, 0.25) is 0 Å². The quantitative estimate of drug-likeness (QED) is 0.526. The lowest BCUT2D eigenvalue weighted by atomic mass is 9.67. The van der Waals surface area contributed by atoms with Gasteiger partial charge in [0.25, 0.3) is 0 Å². The van der Waals surface area contributed by atoms with E-state index in [2.05, 4.69) is 45.8 Å². The van der Waals surface area contributed by atoms with Crippen LogP contribution in [0.1, 0.15) is 62.3 Å². The van der Waals surface area contributed by atoms with Crippen LogP contribution >= 0.6 is 22.6 Å². The number of nitrogens with zero attached hydrogens (tertiary/aromatic N) is 2. The first kappa shape index (κ1) is 15.4. The summed E-state index contributed by atoms with van der Waals surface area (Å²) in [7, 11) is 2.33. The van der Waals surface area contributed by atoms with Gasteiger partial charge in [-0.2, -0.15) is 0 Å². The number of rotatable bonds is 2. The smallest absolute Gasteiger partial charge is 0.141 e. The Labute approximate surface area is 147 Å². The largest absolute Gasteiger partial charge is 0.361 e. The van der Waals surface area contributed by atoms with E-state index >= 15 is 0 Å². The Bertz CT molecular complexity index is 523. The predicted octanol–water partition coefficient (Wildman–Crippen LogP) is 4.54. The van der Waals surface area contributed by atoms with E-state index in [1.165, 1.54) is 44.9 Å². The van der Waals surface area contributed by atoms with Crippen LogP contribution in [0.3, 0.4) is 0 Å². The van der Waals surface area contributed by atoms with Gasteiger partial charge in [0, 0.05) is 28.0 Å². The molecule has 3 aliphatic rings. The van der Waals surface area contributed by atoms with Crippen molar-refractivity contribution in [3.63, 3.8) is 0 Å². The van der Waals surface area contributed by atoms with Gasteiger partial charge in [0.2, 0.25) is 0 Å². The number of aromatic nitrogens is 1. The number of likely N-dealkylation sites (N-methyl/N-ethyl adjacent to an activating group) is 1. The zero-order valence-corrected chi connectivity index (χ0v) is 15.8. The highest BCUT2D eigenvalue weighted by Gasteiger charge is 2.49. The molecular formula is C18H27IN2O. The van der Waals surface area contributed by atoms with Gasteiger partial charge in [-0.1, -0.05) is 27.7 Å². The van der Waals surface area contributed by atoms with Crippen LogP contribution in [0.25, 0.3) is 0 Å². The summed E-state index contributed by atoms with van der Waals surface area (Å²) in [5, 5.41) is 4.20. The number of hydrogen-bond acceptors (Lipinski definition) is 3. The Morgan fingerprint density at radius 3 is 2.64 bits per heavy atom. The second-order valence-corrected chi connectivity index (χ2v) is 9.53. The van der Waals surface area contributed by atoms with Crippen LogP contribution in [0, 0.1) is 18.8 Å². The third kappa shape index (κ3) is 2.64. The van der Waals surface area contributed by atoms with Crippen molar-refractivity contribution >= 4 is 22.6 Å². The molecule has 4 heteroatoms. The first-order valence-corrected chi connectivity index (χ1v) is 10.2. The molecule has 2 saturated heterocycles. The van der Waals surface area contributed by atoms with Crippen molar-refractivity contribution in [3.8, 4) is 0 Å². The lowest BCUT2D eigenvalue weighted by Crippen LogP contribution is -2.47. The summed E-state index contributed by atoms with van der Waals surface area (Å²) in [5.74, 6) is 3.44. The standard InChI is InChI=1S/C18H27IN2O/c1-11-9-17(22-20-11)18-15(12-3-5-13(19)6-4-12)10-14-7-8-16(18)21(14)2/h9,12-16,18H,3-8,10H2,1-2H3. The van der Waals surface area contributed by atoms with E-state index in [9.17, 15) is 0 Å². The third-order valence-corrected chi connectivity index (χ3v) is 7.84. The molecule has 2 bridgehead atoms. The summed E-state index contributed by atoms with van der Waals surface area (Å²) in [5.41, 5.74) is 1.03. The van der Waals surface area contributed by atoms with E-state index in [-0.39, 0.29) is 0 Å². The molecule has 1 aliphatic carbocycles. The lowest BCUT2D eigenvalue weighted by Gasteiger charge is -2.46. The molecule has 0 amide bonds. The molecule has 1 saturated carbocycles. The maximum atomic E-state index is 5.77.